The molecule has 1 saturated heterocycles. The Morgan fingerprint density at radius 2 is 1.86 bits per heavy atom. The molecule has 1 N–H and O–H groups in total. The Labute approximate surface area is 128 Å². The minimum atomic E-state index is -0.427. The van der Waals surface area contributed by atoms with E-state index >= 15 is 0 Å². The van der Waals surface area contributed by atoms with Gasteiger partial charge in [-0.15, -0.1) is 0 Å². The number of aliphatic hydroxyl groups excluding tert-OH is 1. The van der Waals surface area contributed by atoms with Gasteiger partial charge in [0.1, 0.15) is 18.5 Å². The Morgan fingerprint density at radius 3 is 2.48 bits per heavy atom. The first-order valence-electron chi connectivity index (χ1n) is 8.04. The molecule has 1 aromatic carbocycles. The van der Waals surface area contributed by atoms with Crippen LogP contribution in [0, 0.1) is 25.7 Å². The summed E-state index contributed by atoms with van der Waals surface area (Å²) < 4.78 is 5.72. The van der Waals surface area contributed by atoms with Crippen LogP contribution < -0.4 is 4.74 Å². The summed E-state index contributed by atoms with van der Waals surface area (Å²) in [6.07, 6.45) is 0.871. The van der Waals surface area contributed by atoms with Crippen LogP contribution >= 0.6 is 0 Å². The minimum absolute atomic E-state index is 0.363. The van der Waals surface area contributed by atoms with Crippen LogP contribution in [0.1, 0.15) is 31.4 Å². The topological polar surface area (TPSA) is 32.7 Å². The first-order chi connectivity index (χ1) is 9.94. The van der Waals surface area contributed by atoms with Crippen molar-refractivity contribution in [1.82, 2.24) is 4.90 Å². The van der Waals surface area contributed by atoms with E-state index in [0.717, 1.165) is 30.7 Å². The Bertz CT molecular complexity index is 451. The lowest BCUT2D eigenvalue weighted by Crippen LogP contribution is -2.44. The molecule has 3 nitrogen and oxygen atoms in total. The Morgan fingerprint density at radius 1 is 1.19 bits per heavy atom. The molecule has 0 saturated carbocycles. The highest BCUT2D eigenvalue weighted by Crippen LogP contribution is 2.21. The highest BCUT2D eigenvalue weighted by atomic mass is 16.5. The maximum absolute atomic E-state index is 10.2. The number of hydrogen-bond donors (Lipinski definition) is 1. The fraction of sp³-hybridized carbons (Fsp3) is 0.667. The largest absolute Gasteiger partial charge is 0.491 e. The number of aliphatic hydroxyl groups is 1. The number of rotatable bonds is 5. The van der Waals surface area contributed by atoms with Crippen molar-refractivity contribution in [2.75, 3.05) is 26.2 Å². The molecule has 0 amide bonds. The van der Waals surface area contributed by atoms with Crippen LogP contribution in [0.3, 0.4) is 0 Å². The summed E-state index contributed by atoms with van der Waals surface area (Å²) in [5.74, 6) is 2.29. The fourth-order valence-corrected chi connectivity index (χ4v) is 3.29. The van der Waals surface area contributed by atoms with Crippen molar-refractivity contribution in [1.29, 1.82) is 0 Å². The van der Waals surface area contributed by atoms with Crippen LogP contribution in [0.2, 0.25) is 0 Å². The summed E-state index contributed by atoms with van der Waals surface area (Å²) in [5.41, 5.74) is 2.49. The third-order valence-electron chi connectivity index (χ3n) is 4.33. The van der Waals surface area contributed by atoms with Crippen molar-refractivity contribution >= 4 is 0 Å². The first-order valence-corrected chi connectivity index (χ1v) is 8.04. The molecular formula is C18H29NO2. The Hall–Kier alpha value is -1.06. The number of β-amino-alcohol motifs (C(OH)–C–C–N with tert-alkyl or cyclic N) is 1. The second-order valence-electron chi connectivity index (χ2n) is 6.88. The number of piperidine rings is 1. The van der Waals surface area contributed by atoms with E-state index < -0.39 is 6.10 Å². The zero-order valence-corrected chi connectivity index (χ0v) is 13.8. The molecule has 1 fully saturated rings. The van der Waals surface area contributed by atoms with Crippen molar-refractivity contribution in [3.63, 3.8) is 0 Å². The van der Waals surface area contributed by atoms with E-state index in [1.54, 1.807) is 0 Å². The van der Waals surface area contributed by atoms with Crippen molar-refractivity contribution in [3.8, 4) is 5.75 Å². The lowest BCUT2D eigenvalue weighted by Gasteiger charge is -2.35. The van der Waals surface area contributed by atoms with Gasteiger partial charge >= 0.3 is 0 Å². The Kier molecular flexibility index (Phi) is 5.65. The van der Waals surface area contributed by atoms with Gasteiger partial charge in [-0.05, 0) is 55.4 Å². The van der Waals surface area contributed by atoms with Gasteiger partial charge in [-0.3, -0.25) is 0 Å². The molecule has 1 aliphatic rings. The smallest absolute Gasteiger partial charge is 0.119 e. The van der Waals surface area contributed by atoms with Gasteiger partial charge in [0.15, 0.2) is 0 Å². The third kappa shape index (κ3) is 5.01. The zero-order valence-electron chi connectivity index (χ0n) is 13.8. The second kappa shape index (κ2) is 7.28. The fourth-order valence-electron chi connectivity index (χ4n) is 3.29. The summed E-state index contributed by atoms with van der Waals surface area (Å²) in [5, 5.41) is 10.2. The number of likely N-dealkylation sites (tertiary alicyclic amines) is 1. The van der Waals surface area contributed by atoms with E-state index in [1.807, 2.05) is 12.1 Å². The number of hydrogen-bond acceptors (Lipinski definition) is 3. The van der Waals surface area contributed by atoms with Gasteiger partial charge in [0.25, 0.3) is 0 Å². The van der Waals surface area contributed by atoms with Gasteiger partial charge < -0.3 is 14.7 Å². The standard InChI is InChI=1S/C18H29NO2/c1-13-7-14(2)10-19(9-13)11-17(20)12-21-18-6-5-15(3)16(4)8-18/h5-6,8,13-14,17,20H,7,9-12H2,1-4H3/t13-,14+,17-/m1/s1. The Balaban J connectivity index is 1.79. The molecule has 0 unspecified atom stereocenters. The quantitative estimate of drug-likeness (QED) is 0.905. The average molecular weight is 291 g/mol. The van der Waals surface area contributed by atoms with E-state index in [-0.39, 0.29) is 0 Å². The average Bonchev–Trinajstić information content (AvgIpc) is 2.39. The lowest BCUT2D eigenvalue weighted by molar-refractivity contribution is 0.0429. The SMILES string of the molecule is Cc1ccc(OC[C@H](O)CN2C[C@H](C)C[C@H](C)C2)cc1C. The number of nitrogens with zero attached hydrogens (tertiary/aromatic N) is 1. The molecule has 0 aliphatic carbocycles. The van der Waals surface area contributed by atoms with Crippen LogP contribution in [0.5, 0.6) is 5.75 Å². The van der Waals surface area contributed by atoms with E-state index in [9.17, 15) is 5.11 Å². The molecule has 3 atom stereocenters. The predicted octanol–water partition coefficient (Wildman–Crippen LogP) is 3.02. The van der Waals surface area contributed by atoms with Crippen molar-refractivity contribution < 1.29 is 9.84 Å². The van der Waals surface area contributed by atoms with Crippen LogP contribution in [-0.4, -0.2) is 42.4 Å². The maximum Gasteiger partial charge on any atom is 0.119 e. The molecule has 2 rings (SSSR count). The summed E-state index contributed by atoms with van der Waals surface area (Å²) in [7, 11) is 0. The zero-order chi connectivity index (χ0) is 15.4. The number of ether oxygens (including phenoxy) is 1. The van der Waals surface area contributed by atoms with Crippen molar-refractivity contribution in [2.45, 2.75) is 40.2 Å². The second-order valence-corrected chi connectivity index (χ2v) is 6.88. The summed E-state index contributed by atoms with van der Waals surface area (Å²) in [6.45, 7) is 12.0. The molecule has 0 bridgehead atoms. The van der Waals surface area contributed by atoms with Gasteiger partial charge in [0.05, 0.1) is 0 Å². The molecule has 1 heterocycles. The van der Waals surface area contributed by atoms with Gasteiger partial charge in [0.2, 0.25) is 0 Å². The molecule has 3 heteroatoms. The van der Waals surface area contributed by atoms with Gasteiger partial charge in [0, 0.05) is 19.6 Å². The molecule has 21 heavy (non-hydrogen) atoms. The predicted molar refractivity (Wildman–Crippen MR) is 86.8 cm³/mol. The van der Waals surface area contributed by atoms with Crippen LogP contribution in [-0.2, 0) is 0 Å². The molecule has 0 radical (unpaired) electrons. The van der Waals surface area contributed by atoms with E-state index in [0.29, 0.717) is 13.2 Å². The molecule has 1 aliphatic heterocycles. The van der Waals surface area contributed by atoms with E-state index in [4.69, 9.17) is 4.74 Å². The maximum atomic E-state index is 10.2. The van der Waals surface area contributed by atoms with Crippen molar-refractivity contribution in [3.05, 3.63) is 29.3 Å². The summed E-state index contributed by atoms with van der Waals surface area (Å²) in [6, 6.07) is 6.07. The third-order valence-corrected chi connectivity index (χ3v) is 4.33. The van der Waals surface area contributed by atoms with Gasteiger partial charge in [-0.25, -0.2) is 0 Å². The summed E-state index contributed by atoms with van der Waals surface area (Å²) >= 11 is 0. The monoisotopic (exact) mass is 291 g/mol. The van der Waals surface area contributed by atoms with Crippen LogP contribution in [0.25, 0.3) is 0 Å². The van der Waals surface area contributed by atoms with Crippen molar-refractivity contribution in [2.24, 2.45) is 11.8 Å². The number of benzene rings is 1. The molecule has 0 aromatic heterocycles. The first kappa shape index (κ1) is 16.3. The highest BCUT2D eigenvalue weighted by molar-refractivity contribution is 5.33. The van der Waals surface area contributed by atoms with E-state index in [2.05, 4.69) is 38.7 Å². The van der Waals surface area contributed by atoms with Gasteiger partial charge in [-0.1, -0.05) is 19.9 Å². The van der Waals surface area contributed by atoms with Crippen LogP contribution in [0.15, 0.2) is 18.2 Å². The highest BCUT2D eigenvalue weighted by Gasteiger charge is 2.23. The lowest BCUT2D eigenvalue weighted by atomic mass is 9.92. The normalized spacial score (nSPS) is 24.8. The van der Waals surface area contributed by atoms with Crippen LogP contribution in [0.4, 0.5) is 0 Å². The van der Waals surface area contributed by atoms with Gasteiger partial charge in [-0.2, -0.15) is 0 Å². The van der Waals surface area contributed by atoms with E-state index in [1.165, 1.54) is 17.5 Å². The molecule has 0 spiro atoms. The molecule has 118 valence electrons. The summed E-state index contributed by atoms with van der Waals surface area (Å²) in [4.78, 5) is 2.37. The molecular weight excluding hydrogens is 262 g/mol. The molecule has 1 aromatic rings. The minimum Gasteiger partial charge on any atom is -0.491 e. The number of aryl methyl sites for hydroxylation is 2.